The molecule has 0 unspecified atom stereocenters. The Labute approximate surface area is 148 Å². The van der Waals surface area contributed by atoms with Gasteiger partial charge in [0.2, 0.25) is 0 Å². The van der Waals surface area contributed by atoms with Crippen molar-refractivity contribution in [3.63, 3.8) is 0 Å². The highest BCUT2D eigenvalue weighted by molar-refractivity contribution is 14.0. The molecule has 0 atom stereocenters. The Hall–Kier alpha value is -0.890. The van der Waals surface area contributed by atoms with Crippen LogP contribution in [0.3, 0.4) is 0 Å². The molecular formula is C16H25FIN3O. The Morgan fingerprint density at radius 3 is 2.64 bits per heavy atom. The molecule has 1 aromatic rings. The molecule has 1 aromatic carbocycles. The molecule has 0 saturated heterocycles. The van der Waals surface area contributed by atoms with Crippen molar-refractivity contribution in [2.24, 2.45) is 4.99 Å². The van der Waals surface area contributed by atoms with Crippen LogP contribution in [0.1, 0.15) is 24.8 Å². The van der Waals surface area contributed by atoms with Gasteiger partial charge in [-0.2, -0.15) is 0 Å². The molecule has 22 heavy (non-hydrogen) atoms. The van der Waals surface area contributed by atoms with Crippen LogP contribution in [0.2, 0.25) is 0 Å². The lowest BCUT2D eigenvalue weighted by Gasteiger charge is -2.19. The molecule has 1 aliphatic rings. The van der Waals surface area contributed by atoms with E-state index in [4.69, 9.17) is 4.74 Å². The van der Waals surface area contributed by atoms with Crippen LogP contribution in [0, 0.1) is 5.82 Å². The Morgan fingerprint density at radius 1 is 1.32 bits per heavy atom. The molecule has 0 aliphatic heterocycles. The summed E-state index contributed by atoms with van der Waals surface area (Å²) in [6.07, 6.45) is 2.96. The van der Waals surface area contributed by atoms with Crippen molar-refractivity contribution in [1.29, 1.82) is 0 Å². The number of nitrogens with zero attached hydrogens (tertiary/aromatic N) is 1. The minimum absolute atomic E-state index is 0. The van der Waals surface area contributed by atoms with E-state index in [0.29, 0.717) is 6.54 Å². The summed E-state index contributed by atoms with van der Waals surface area (Å²) in [4.78, 5) is 4.19. The van der Waals surface area contributed by atoms with Crippen molar-refractivity contribution < 1.29 is 9.13 Å². The Kier molecular flexibility index (Phi) is 8.09. The fraction of sp³-hybridized carbons (Fsp3) is 0.562. The van der Waals surface area contributed by atoms with Crippen LogP contribution in [-0.2, 0) is 10.2 Å². The molecule has 0 bridgehead atoms. The first-order chi connectivity index (χ1) is 10.2. The van der Waals surface area contributed by atoms with Crippen LogP contribution in [0.25, 0.3) is 0 Å². The fourth-order valence-electron chi connectivity index (χ4n) is 2.48. The molecule has 0 amide bonds. The second-order valence-electron chi connectivity index (χ2n) is 5.46. The summed E-state index contributed by atoms with van der Waals surface area (Å²) in [7, 11) is 3.44. The Bertz CT molecular complexity index is 492. The third kappa shape index (κ3) is 5.08. The number of nitrogens with one attached hydrogen (secondary N) is 2. The maximum absolute atomic E-state index is 13.9. The average molecular weight is 421 g/mol. The topological polar surface area (TPSA) is 45.7 Å². The van der Waals surface area contributed by atoms with E-state index in [1.165, 1.54) is 6.07 Å². The Morgan fingerprint density at radius 2 is 2.05 bits per heavy atom. The van der Waals surface area contributed by atoms with Gasteiger partial charge in [-0.1, -0.05) is 18.2 Å². The van der Waals surface area contributed by atoms with Crippen LogP contribution >= 0.6 is 24.0 Å². The average Bonchev–Trinajstić information content (AvgIpc) is 3.28. The minimum Gasteiger partial charge on any atom is -0.385 e. The Balaban J connectivity index is 0.00000242. The molecule has 2 rings (SSSR count). The zero-order chi connectivity index (χ0) is 15.1. The molecule has 1 aliphatic carbocycles. The van der Waals surface area contributed by atoms with Crippen molar-refractivity contribution >= 4 is 29.9 Å². The lowest BCUT2D eigenvalue weighted by molar-refractivity contribution is 0.195. The molecule has 4 nitrogen and oxygen atoms in total. The quantitative estimate of drug-likeness (QED) is 0.308. The first-order valence-electron chi connectivity index (χ1n) is 7.40. The van der Waals surface area contributed by atoms with Gasteiger partial charge in [0.1, 0.15) is 5.82 Å². The highest BCUT2D eigenvalue weighted by Crippen LogP contribution is 2.48. The number of benzene rings is 1. The van der Waals surface area contributed by atoms with Crippen molar-refractivity contribution in [1.82, 2.24) is 10.6 Å². The van der Waals surface area contributed by atoms with Crippen LogP contribution in [0.5, 0.6) is 0 Å². The molecule has 6 heteroatoms. The molecule has 0 radical (unpaired) electrons. The van der Waals surface area contributed by atoms with E-state index in [1.807, 2.05) is 12.1 Å². The number of hydrogen-bond donors (Lipinski definition) is 2. The highest BCUT2D eigenvalue weighted by atomic mass is 127. The molecule has 0 aromatic heterocycles. The number of halogens is 2. The predicted molar refractivity (Wildman–Crippen MR) is 98.6 cm³/mol. The third-order valence-corrected chi connectivity index (χ3v) is 3.93. The zero-order valence-corrected chi connectivity index (χ0v) is 15.5. The van der Waals surface area contributed by atoms with Gasteiger partial charge in [0.05, 0.1) is 0 Å². The van der Waals surface area contributed by atoms with Gasteiger partial charge in [-0.3, -0.25) is 4.99 Å². The third-order valence-electron chi connectivity index (χ3n) is 3.93. The van der Waals surface area contributed by atoms with Gasteiger partial charge in [-0.05, 0) is 30.9 Å². The van der Waals surface area contributed by atoms with Crippen LogP contribution < -0.4 is 10.6 Å². The second kappa shape index (κ2) is 9.29. The first-order valence-corrected chi connectivity index (χ1v) is 7.40. The van der Waals surface area contributed by atoms with E-state index in [2.05, 4.69) is 15.6 Å². The fourth-order valence-corrected chi connectivity index (χ4v) is 2.48. The summed E-state index contributed by atoms with van der Waals surface area (Å²) in [6, 6.07) is 7.06. The lowest BCUT2D eigenvalue weighted by Crippen LogP contribution is -2.41. The normalized spacial score (nSPS) is 15.9. The molecule has 1 saturated carbocycles. The summed E-state index contributed by atoms with van der Waals surface area (Å²) in [6.45, 7) is 2.24. The second-order valence-corrected chi connectivity index (χ2v) is 5.46. The van der Waals surface area contributed by atoms with Gasteiger partial charge < -0.3 is 15.4 Å². The number of aliphatic imine (C=N–C) groups is 1. The first kappa shape index (κ1) is 19.2. The van der Waals surface area contributed by atoms with Crippen molar-refractivity contribution in [2.75, 3.05) is 33.9 Å². The maximum atomic E-state index is 13.9. The van der Waals surface area contributed by atoms with Crippen molar-refractivity contribution in [3.05, 3.63) is 35.6 Å². The summed E-state index contributed by atoms with van der Waals surface area (Å²) >= 11 is 0. The largest absolute Gasteiger partial charge is 0.385 e. The van der Waals surface area contributed by atoms with E-state index in [0.717, 1.165) is 43.9 Å². The minimum atomic E-state index is -0.111. The van der Waals surface area contributed by atoms with Crippen LogP contribution in [0.4, 0.5) is 4.39 Å². The zero-order valence-electron chi connectivity index (χ0n) is 13.2. The summed E-state index contributed by atoms with van der Waals surface area (Å²) in [5.74, 6) is 0.647. The predicted octanol–water partition coefficient (Wildman–Crippen LogP) is 2.68. The van der Waals surface area contributed by atoms with Crippen molar-refractivity contribution in [2.45, 2.75) is 24.7 Å². The summed E-state index contributed by atoms with van der Waals surface area (Å²) in [5.41, 5.74) is 0.738. The van der Waals surface area contributed by atoms with E-state index in [1.54, 1.807) is 20.2 Å². The van der Waals surface area contributed by atoms with Gasteiger partial charge >= 0.3 is 0 Å². The van der Waals surface area contributed by atoms with E-state index in [9.17, 15) is 4.39 Å². The van der Waals surface area contributed by atoms with Gasteiger partial charge in [0.25, 0.3) is 0 Å². The van der Waals surface area contributed by atoms with E-state index in [-0.39, 0.29) is 35.2 Å². The van der Waals surface area contributed by atoms with Gasteiger partial charge in [0, 0.05) is 39.3 Å². The smallest absolute Gasteiger partial charge is 0.191 e. The van der Waals surface area contributed by atoms with E-state index < -0.39 is 0 Å². The molecule has 0 heterocycles. The summed E-state index contributed by atoms with van der Waals surface area (Å²) in [5, 5.41) is 6.54. The number of ether oxygens (including phenoxy) is 1. The lowest BCUT2D eigenvalue weighted by atomic mass is 9.95. The van der Waals surface area contributed by atoms with Gasteiger partial charge in [0.15, 0.2) is 5.96 Å². The molecule has 1 fully saturated rings. The number of guanidine groups is 1. The monoisotopic (exact) mass is 421 g/mol. The van der Waals surface area contributed by atoms with Crippen molar-refractivity contribution in [3.8, 4) is 0 Å². The highest BCUT2D eigenvalue weighted by Gasteiger charge is 2.45. The molecule has 2 N–H and O–H groups in total. The molecular weight excluding hydrogens is 396 g/mol. The van der Waals surface area contributed by atoms with Gasteiger partial charge in [-0.15, -0.1) is 24.0 Å². The molecule has 0 spiro atoms. The summed E-state index contributed by atoms with van der Waals surface area (Å²) < 4.78 is 18.9. The number of rotatable bonds is 7. The number of hydrogen-bond acceptors (Lipinski definition) is 2. The van der Waals surface area contributed by atoms with Gasteiger partial charge in [-0.25, -0.2) is 4.39 Å². The standard InChI is InChI=1S/C16H24FN3O.HI/c1-18-15(19-10-5-11-21-2)20-12-16(8-9-16)13-6-3-4-7-14(13)17;/h3-4,6-7H,5,8-12H2,1-2H3,(H2,18,19,20);1H. The van der Waals surface area contributed by atoms with Crippen LogP contribution in [0.15, 0.2) is 29.3 Å². The number of methoxy groups -OCH3 is 1. The van der Waals surface area contributed by atoms with E-state index >= 15 is 0 Å². The van der Waals surface area contributed by atoms with Crippen LogP contribution in [-0.4, -0.2) is 39.8 Å². The molecule has 124 valence electrons. The SMILES string of the molecule is CN=C(NCCCOC)NCC1(c2ccccc2F)CC1.I. The maximum Gasteiger partial charge on any atom is 0.191 e.